The van der Waals surface area contributed by atoms with Gasteiger partial charge in [0.25, 0.3) is 0 Å². The van der Waals surface area contributed by atoms with Crippen molar-refractivity contribution < 1.29 is 80.2 Å². The van der Waals surface area contributed by atoms with Gasteiger partial charge in [0.15, 0.2) is 12.2 Å². The molecule has 0 aromatic heterocycles. The molecule has 94 heavy (non-hydrogen) atoms. The second-order valence-corrected chi connectivity index (χ2v) is 30.4. The third kappa shape index (κ3) is 68.6. The fourth-order valence-electron chi connectivity index (χ4n) is 11.5. The molecule has 0 aromatic carbocycles. The Kier molecular flexibility index (Phi) is 66.8. The molecule has 0 saturated carbocycles. The van der Waals surface area contributed by atoms with Crippen molar-refractivity contribution in [1.82, 2.24) is 0 Å². The number of carbonyl (C=O) groups excluding carboxylic acids is 4. The van der Waals surface area contributed by atoms with Crippen molar-refractivity contribution >= 4 is 39.5 Å². The molecule has 0 saturated heterocycles. The number of aliphatic hydroxyl groups is 1. The van der Waals surface area contributed by atoms with Crippen LogP contribution in [0.5, 0.6) is 0 Å². The van der Waals surface area contributed by atoms with Gasteiger partial charge >= 0.3 is 39.5 Å². The van der Waals surface area contributed by atoms with Crippen LogP contribution in [0.15, 0.2) is 0 Å². The first-order chi connectivity index (χ1) is 45.5. The van der Waals surface area contributed by atoms with Crippen LogP contribution in [0.3, 0.4) is 0 Å². The molecule has 0 aliphatic heterocycles. The lowest BCUT2D eigenvalue weighted by atomic mass is 10.0. The van der Waals surface area contributed by atoms with Crippen LogP contribution in [-0.4, -0.2) is 96.7 Å². The van der Waals surface area contributed by atoms with Gasteiger partial charge in [0.2, 0.25) is 0 Å². The fraction of sp³-hybridized carbons (Fsp3) is 0.947. The van der Waals surface area contributed by atoms with Crippen LogP contribution in [0.2, 0.25) is 0 Å². The van der Waals surface area contributed by atoms with Crippen molar-refractivity contribution in [2.45, 2.75) is 412 Å². The summed E-state index contributed by atoms with van der Waals surface area (Å²) in [6.07, 6.45) is 56.9. The zero-order chi connectivity index (χ0) is 69.1. The van der Waals surface area contributed by atoms with Crippen molar-refractivity contribution in [3.05, 3.63) is 0 Å². The Hall–Kier alpha value is -1.94. The molecule has 0 fully saturated rings. The predicted octanol–water partition coefficient (Wildman–Crippen LogP) is 22.1. The highest BCUT2D eigenvalue weighted by atomic mass is 31.2. The largest absolute Gasteiger partial charge is 0.472 e. The van der Waals surface area contributed by atoms with Gasteiger partial charge in [-0.05, 0) is 31.6 Å². The molecule has 0 bridgehead atoms. The van der Waals surface area contributed by atoms with Gasteiger partial charge in [-0.3, -0.25) is 37.3 Å². The highest BCUT2D eigenvalue weighted by Gasteiger charge is 2.30. The molecule has 3 N–H and O–H groups in total. The van der Waals surface area contributed by atoms with E-state index in [1.165, 1.54) is 212 Å². The minimum Gasteiger partial charge on any atom is -0.462 e. The number of esters is 4. The maximum Gasteiger partial charge on any atom is 0.472 e. The lowest BCUT2D eigenvalue weighted by Crippen LogP contribution is -2.30. The first kappa shape index (κ1) is 92.1. The van der Waals surface area contributed by atoms with Gasteiger partial charge in [0.1, 0.15) is 19.3 Å². The summed E-state index contributed by atoms with van der Waals surface area (Å²) in [5.41, 5.74) is 0. The molecule has 0 heterocycles. The molecule has 17 nitrogen and oxygen atoms in total. The minimum atomic E-state index is -4.96. The van der Waals surface area contributed by atoms with Crippen LogP contribution in [-0.2, 0) is 65.4 Å². The first-order valence-electron chi connectivity index (χ1n) is 39.1. The van der Waals surface area contributed by atoms with Gasteiger partial charge in [-0.1, -0.05) is 343 Å². The summed E-state index contributed by atoms with van der Waals surface area (Å²) in [7, 11) is -9.91. The molecule has 558 valence electrons. The Morgan fingerprint density at radius 1 is 0.287 bits per heavy atom. The molecular formula is C75H146O17P2. The van der Waals surface area contributed by atoms with E-state index in [0.29, 0.717) is 31.6 Å². The number of carbonyl (C=O) groups is 4. The van der Waals surface area contributed by atoms with Crippen LogP contribution < -0.4 is 0 Å². The van der Waals surface area contributed by atoms with Gasteiger partial charge in [0, 0.05) is 25.7 Å². The number of unbranched alkanes of at least 4 members (excludes halogenated alkanes) is 47. The molecule has 19 heteroatoms. The lowest BCUT2D eigenvalue weighted by Gasteiger charge is -2.21. The summed E-state index contributed by atoms with van der Waals surface area (Å²) >= 11 is 0. The molecule has 2 unspecified atom stereocenters. The van der Waals surface area contributed by atoms with Crippen LogP contribution in [0, 0.1) is 5.92 Å². The standard InChI is InChI=1S/C75H146O17P2/c1-6-9-12-15-18-21-24-26-28-30-32-34-37-40-45-51-56-61-75(80)91-70(64-85-72(77)58-53-48-43-38-36-33-31-29-27-25-22-19-16-13-10-7-2)66-89-93(81,82)87-62-69(76)63-88-94(83,84)90-67-71(65-86-73(78)59-54-49-46-41-42-47-52-57-68(4)5)92-74(79)60-55-50-44-39-35-23-20-17-14-11-8-3/h68-71,76H,6-67H2,1-5H3,(H,81,82)(H,83,84)/t69-,70-,71-/m1/s1. The molecule has 5 atom stereocenters. The van der Waals surface area contributed by atoms with Crippen molar-refractivity contribution in [2.24, 2.45) is 5.92 Å². The van der Waals surface area contributed by atoms with E-state index in [1.807, 2.05) is 0 Å². The normalized spacial score (nSPS) is 14.0. The van der Waals surface area contributed by atoms with E-state index in [0.717, 1.165) is 96.3 Å². The lowest BCUT2D eigenvalue weighted by molar-refractivity contribution is -0.161. The average molecular weight is 1380 g/mol. The van der Waals surface area contributed by atoms with E-state index in [9.17, 15) is 43.2 Å². The highest BCUT2D eigenvalue weighted by molar-refractivity contribution is 7.47. The molecule has 0 rings (SSSR count). The van der Waals surface area contributed by atoms with E-state index in [4.69, 9.17) is 37.0 Å². The fourth-order valence-corrected chi connectivity index (χ4v) is 13.1. The van der Waals surface area contributed by atoms with Crippen molar-refractivity contribution in [3.8, 4) is 0 Å². The SMILES string of the molecule is CCCCCCCCCCCCCCCCCCCC(=O)O[C@H](COC(=O)CCCCCCCCCCCCCCCCCC)COP(=O)(O)OC[C@@H](O)COP(=O)(O)OC[C@@H](COC(=O)CCCCCCCCCC(C)C)OC(=O)CCCCCCCCCCCCC. The number of phosphoric acid groups is 2. The monoisotopic (exact) mass is 1380 g/mol. The maximum atomic E-state index is 13.1. The number of rotatable bonds is 75. The summed E-state index contributed by atoms with van der Waals surface area (Å²) in [6, 6.07) is 0. The number of aliphatic hydroxyl groups excluding tert-OH is 1. The molecule has 0 spiro atoms. The third-order valence-corrected chi connectivity index (χ3v) is 19.4. The van der Waals surface area contributed by atoms with Gasteiger partial charge in [-0.25, -0.2) is 9.13 Å². The van der Waals surface area contributed by atoms with E-state index in [2.05, 4.69) is 34.6 Å². The number of phosphoric ester groups is 2. The van der Waals surface area contributed by atoms with Crippen molar-refractivity contribution in [3.63, 3.8) is 0 Å². The summed E-state index contributed by atoms with van der Waals surface area (Å²) in [6.45, 7) is 7.23. The molecule has 0 aromatic rings. The zero-order valence-electron chi connectivity index (χ0n) is 61.1. The second-order valence-electron chi connectivity index (χ2n) is 27.5. The molecule has 0 aliphatic carbocycles. The predicted molar refractivity (Wildman–Crippen MR) is 382 cm³/mol. The average Bonchev–Trinajstić information content (AvgIpc) is 1.56. The quantitative estimate of drug-likeness (QED) is 0.0222. The Labute approximate surface area is 575 Å². The van der Waals surface area contributed by atoms with Crippen molar-refractivity contribution in [2.75, 3.05) is 39.6 Å². The summed E-state index contributed by atoms with van der Waals surface area (Å²) in [4.78, 5) is 72.7. The molecule has 0 aliphatic rings. The van der Waals surface area contributed by atoms with E-state index < -0.39 is 97.5 Å². The first-order valence-corrected chi connectivity index (χ1v) is 42.1. The van der Waals surface area contributed by atoms with Crippen LogP contribution >= 0.6 is 15.6 Å². The van der Waals surface area contributed by atoms with E-state index in [1.54, 1.807) is 0 Å². The van der Waals surface area contributed by atoms with E-state index in [-0.39, 0.29) is 25.7 Å². The summed E-state index contributed by atoms with van der Waals surface area (Å²) in [5, 5.41) is 10.6. The summed E-state index contributed by atoms with van der Waals surface area (Å²) in [5.74, 6) is -1.41. The third-order valence-electron chi connectivity index (χ3n) is 17.5. The van der Waals surface area contributed by atoms with Gasteiger partial charge in [-0.2, -0.15) is 0 Å². The smallest absolute Gasteiger partial charge is 0.462 e. The highest BCUT2D eigenvalue weighted by Crippen LogP contribution is 2.45. The topological polar surface area (TPSA) is 237 Å². The van der Waals surface area contributed by atoms with Crippen molar-refractivity contribution in [1.29, 1.82) is 0 Å². The molecular weight excluding hydrogens is 1230 g/mol. The maximum absolute atomic E-state index is 13.1. The van der Waals surface area contributed by atoms with Crippen LogP contribution in [0.4, 0.5) is 0 Å². The van der Waals surface area contributed by atoms with E-state index >= 15 is 0 Å². The van der Waals surface area contributed by atoms with Gasteiger partial charge in [0.05, 0.1) is 26.4 Å². The Balaban J connectivity index is 5.23. The second kappa shape index (κ2) is 68.2. The number of ether oxygens (including phenoxy) is 4. The number of hydrogen-bond donors (Lipinski definition) is 3. The summed E-state index contributed by atoms with van der Waals surface area (Å²) < 4.78 is 68.5. The number of hydrogen-bond acceptors (Lipinski definition) is 15. The Bertz CT molecular complexity index is 1810. The molecule has 0 radical (unpaired) electrons. The minimum absolute atomic E-state index is 0.107. The van der Waals surface area contributed by atoms with Crippen LogP contribution in [0.25, 0.3) is 0 Å². The Morgan fingerprint density at radius 3 is 0.723 bits per heavy atom. The zero-order valence-corrected chi connectivity index (χ0v) is 62.9. The van der Waals surface area contributed by atoms with Crippen LogP contribution in [0.1, 0.15) is 394 Å². The van der Waals surface area contributed by atoms with Gasteiger partial charge < -0.3 is 33.8 Å². The Morgan fingerprint density at radius 2 is 0.489 bits per heavy atom. The molecule has 0 amide bonds. The van der Waals surface area contributed by atoms with Gasteiger partial charge in [-0.15, -0.1) is 0 Å².